The van der Waals surface area contributed by atoms with Crippen LogP contribution in [-0.2, 0) is 12.8 Å². The van der Waals surface area contributed by atoms with Crippen molar-refractivity contribution in [3.8, 4) is 11.5 Å². The Hall–Kier alpha value is -3.70. The van der Waals surface area contributed by atoms with Gasteiger partial charge in [0.1, 0.15) is 11.5 Å². The van der Waals surface area contributed by atoms with Crippen LogP contribution in [0.1, 0.15) is 21.5 Å². The maximum atomic E-state index is 12.8. The van der Waals surface area contributed by atoms with E-state index < -0.39 is 0 Å². The molecule has 1 amide bonds. The van der Waals surface area contributed by atoms with E-state index in [2.05, 4.69) is 29.6 Å². The molecule has 0 saturated heterocycles. The van der Waals surface area contributed by atoms with Crippen LogP contribution in [0.25, 0.3) is 21.0 Å². The van der Waals surface area contributed by atoms with Crippen molar-refractivity contribution in [2.24, 2.45) is 0 Å². The average Bonchev–Trinajstić information content (AvgIpc) is 3.40. The minimum atomic E-state index is -0.178. The number of para-hydroxylation sites is 1. The van der Waals surface area contributed by atoms with Crippen LogP contribution in [0.5, 0.6) is 11.5 Å². The summed E-state index contributed by atoms with van der Waals surface area (Å²) >= 11 is 1.52. The summed E-state index contributed by atoms with van der Waals surface area (Å²) in [6, 6.07) is 25.4. The van der Waals surface area contributed by atoms with Gasteiger partial charge in [0, 0.05) is 10.9 Å². The molecule has 1 N–H and O–H groups in total. The van der Waals surface area contributed by atoms with Crippen LogP contribution in [0, 0.1) is 0 Å². The van der Waals surface area contributed by atoms with E-state index in [1.165, 1.54) is 33.2 Å². The van der Waals surface area contributed by atoms with E-state index in [-0.39, 0.29) is 5.91 Å². The van der Waals surface area contributed by atoms with E-state index in [9.17, 15) is 4.79 Å². The zero-order valence-corrected chi connectivity index (χ0v) is 17.4. The Balaban J connectivity index is 1.25. The number of carbonyl (C=O) groups is 1. The number of nitrogens with zero attached hydrogens (tertiary/aromatic N) is 1. The molecule has 31 heavy (non-hydrogen) atoms. The van der Waals surface area contributed by atoms with E-state index in [0.29, 0.717) is 16.4 Å². The number of ether oxygens (including phenoxy) is 1. The monoisotopic (exact) mass is 422 g/mol. The highest BCUT2D eigenvalue weighted by Gasteiger charge is 2.19. The Morgan fingerprint density at radius 3 is 2.48 bits per heavy atom. The fraction of sp³-hybridized carbons (Fsp3) is 0.0769. The SMILES string of the molecule is O=C(Nc1nc2c(cc3c4c(cccc42)CC3)s1)c1ccc(Oc2ccccc2)cc1. The van der Waals surface area contributed by atoms with E-state index in [0.717, 1.165) is 28.8 Å². The molecule has 0 atom stereocenters. The Morgan fingerprint density at radius 2 is 1.65 bits per heavy atom. The van der Waals surface area contributed by atoms with Crippen LogP contribution in [0.4, 0.5) is 5.13 Å². The van der Waals surface area contributed by atoms with Crippen molar-refractivity contribution in [3.05, 3.63) is 95.6 Å². The number of nitrogens with one attached hydrogen (secondary N) is 1. The molecule has 0 bridgehead atoms. The molecule has 0 saturated carbocycles. The molecule has 5 heteroatoms. The number of hydrogen-bond donors (Lipinski definition) is 1. The van der Waals surface area contributed by atoms with Gasteiger partial charge in [0.2, 0.25) is 0 Å². The normalized spacial score (nSPS) is 12.4. The molecule has 0 fully saturated rings. The molecule has 6 rings (SSSR count). The van der Waals surface area contributed by atoms with Crippen molar-refractivity contribution >= 4 is 43.4 Å². The fourth-order valence-electron chi connectivity index (χ4n) is 4.23. The van der Waals surface area contributed by atoms with E-state index in [1.807, 2.05) is 30.3 Å². The number of anilines is 1. The molecule has 4 nitrogen and oxygen atoms in total. The lowest BCUT2D eigenvalue weighted by Gasteiger charge is -2.06. The molecule has 1 aliphatic rings. The van der Waals surface area contributed by atoms with Crippen molar-refractivity contribution in [2.75, 3.05) is 5.32 Å². The lowest BCUT2D eigenvalue weighted by molar-refractivity contribution is 0.102. The number of amides is 1. The number of rotatable bonds is 4. The highest BCUT2D eigenvalue weighted by molar-refractivity contribution is 7.22. The summed E-state index contributed by atoms with van der Waals surface area (Å²) in [5, 5.41) is 6.10. The van der Waals surface area contributed by atoms with Gasteiger partial charge in [-0.15, -0.1) is 0 Å². The van der Waals surface area contributed by atoms with Gasteiger partial charge in [-0.1, -0.05) is 47.7 Å². The molecule has 150 valence electrons. The average molecular weight is 423 g/mol. The largest absolute Gasteiger partial charge is 0.457 e. The second-order valence-corrected chi connectivity index (χ2v) is 8.67. The first-order chi connectivity index (χ1) is 15.2. The van der Waals surface area contributed by atoms with Crippen LogP contribution in [0.3, 0.4) is 0 Å². The van der Waals surface area contributed by atoms with Crippen LogP contribution >= 0.6 is 11.3 Å². The van der Waals surface area contributed by atoms with Gasteiger partial charge >= 0.3 is 0 Å². The Bertz CT molecular complexity index is 1440. The van der Waals surface area contributed by atoms with E-state index in [1.54, 1.807) is 24.3 Å². The maximum Gasteiger partial charge on any atom is 0.257 e. The van der Waals surface area contributed by atoms with Crippen molar-refractivity contribution in [2.45, 2.75) is 12.8 Å². The molecular weight excluding hydrogens is 404 g/mol. The van der Waals surface area contributed by atoms with Crippen molar-refractivity contribution in [1.82, 2.24) is 4.98 Å². The number of fused-ring (bicyclic) bond motifs is 2. The van der Waals surface area contributed by atoms with Gasteiger partial charge in [-0.2, -0.15) is 0 Å². The van der Waals surface area contributed by atoms with Crippen LogP contribution in [0.2, 0.25) is 0 Å². The van der Waals surface area contributed by atoms with Gasteiger partial charge in [0.25, 0.3) is 5.91 Å². The van der Waals surface area contributed by atoms with Gasteiger partial charge in [-0.25, -0.2) is 4.98 Å². The summed E-state index contributed by atoms with van der Waals surface area (Å²) in [4.78, 5) is 17.5. The minimum absolute atomic E-state index is 0.178. The number of benzene rings is 4. The third-order valence-electron chi connectivity index (χ3n) is 5.67. The van der Waals surface area contributed by atoms with Crippen LogP contribution < -0.4 is 10.1 Å². The predicted octanol–water partition coefficient (Wildman–Crippen LogP) is 6.59. The molecule has 0 aliphatic heterocycles. The fourth-order valence-corrected chi connectivity index (χ4v) is 5.17. The number of aryl methyl sites for hydroxylation is 2. The van der Waals surface area contributed by atoms with Gasteiger partial charge < -0.3 is 4.74 Å². The summed E-state index contributed by atoms with van der Waals surface area (Å²) in [6.45, 7) is 0. The van der Waals surface area contributed by atoms with Crippen molar-refractivity contribution in [1.29, 1.82) is 0 Å². The second kappa shape index (κ2) is 7.22. The highest BCUT2D eigenvalue weighted by atomic mass is 32.1. The number of hydrogen-bond acceptors (Lipinski definition) is 4. The quantitative estimate of drug-likeness (QED) is 0.355. The number of carbonyl (C=O) groups excluding carboxylic acids is 1. The first-order valence-electron chi connectivity index (χ1n) is 10.2. The molecule has 0 spiro atoms. The molecule has 5 aromatic rings. The smallest absolute Gasteiger partial charge is 0.257 e. The third kappa shape index (κ3) is 3.23. The van der Waals surface area contributed by atoms with Crippen molar-refractivity contribution < 1.29 is 9.53 Å². The van der Waals surface area contributed by atoms with Gasteiger partial charge in [0.15, 0.2) is 5.13 Å². The standard InChI is InChI=1S/C26H18N2O2S/c29-25(17-11-13-20(14-12-17)30-19-6-2-1-3-7-19)28-26-27-24-21-8-4-5-16-9-10-18(23(16)21)15-22(24)31-26/h1-8,11-15H,9-10H2,(H,27,28,29). The molecule has 0 radical (unpaired) electrons. The summed E-state index contributed by atoms with van der Waals surface area (Å²) < 4.78 is 6.91. The van der Waals surface area contributed by atoms with Gasteiger partial charge in [0.05, 0.1) is 10.2 Å². The molecular formula is C26H18N2O2S. The predicted molar refractivity (Wildman–Crippen MR) is 125 cm³/mol. The highest BCUT2D eigenvalue weighted by Crippen LogP contribution is 2.39. The van der Waals surface area contributed by atoms with Crippen LogP contribution in [0.15, 0.2) is 78.9 Å². The number of aromatic nitrogens is 1. The molecule has 4 aromatic carbocycles. The molecule has 0 unspecified atom stereocenters. The Labute approximate surface area is 183 Å². The molecule has 1 heterocycles. The maximum absolute atomic E-state index is 12.8. The summed E-state index contributed by atoms with van der Waals surface area (Å²) in [7, 11) is 0. The first kappa shape index (κ1) is 18.1. The zero-order valence-electron chi connectivity index (χ0n) is 16.6. The summed E-state index contributed by atoms with van der Waals surface area (Å²) in [6.07, 6.45) is 2.17. The zero-order chi connectivity index (χ0) is 20.8. The van der Waals surface area contributed by atoms with E-state index >= 15 is 0 Å². The lowest BCUT2D eigenvalue weighted by atomic mass is 10.0. The van der Waals surface area contributed by atoms with Crippen LogP contribution in [-0.4, -0.2) is 10.9 Å². The van der Waals surface area contributed by atoms with Gasteiger partial charge in [-0.05, 0) is 71.8 Å². The molecule has 1 aromatic heterocycles. The number of thiazole rings is 1. The third-order valence-corrected chi connectivity index (χ3v) is 6.58. The lowest BCUT2D eigenvalue weighted by Crippen LogP contribution is -2.11. The second-order valence-electron chi connectivity index (χ2n) is 7.63. The van der Waals surface area contributed by atoms with Gasteiger partial charge in [-0.3, -0.25) is 10.1 Å². The van der Waals surface area contributed by atoms with E-state index in [4.69, 9.17) is 9.72 Å². The van der Waals surface area contributed by atoms with Crippen molar-refractivity contribution in [3.63, 3.8) is 0 Å². The summed E-state index contributed by atoms with van der Waals surface area (Å²) in [5.74, 6) is 1.27. The molecule has 1 aliphatic carbocycles. The summed E-state index contributed by atoms with van der Waals surface area (Å²) in [5.41, 5.74) is 4.31. The topological polar surface area (TPSA) is 51.2 Å². The first-order valence-corrected chi connectivity index (χ1v) is 11.0. The minimum Gasteiger partial charge on any atom is -0.457 e. The Kier molecular flexibility index (Phi) is 4.21. The Morgan fingerprint density at radius 1 is 0.871 bits per heavy atom.